The number of amides is 2. The lowest BCUT2D eigenvalue weighted by molar-refractivity contribution is -0.118. The van der Waals surface area contributed by atoms with E-state index in [4.69, 9.17) is 10.5 Å². The standard InChI is InChI=1S/C21H24FN3O4/c1-13-10-25(11-14(2)29-13)16-6-3-5-15(9-16)17-7-4-8-18(20(17)22)24-19(26)12-28-21(23)27/h3-9,13-14H,10-12H2,1-2H3,(H2,23,27)(H,24,26)/t13-,14+. The molecule has 7 nitrogen and oxygen atoms in total. The normalized spacial score (nSPS) is 18.9. The number of rotatable bonds is 5. The van der Waals surface area contributed by atoms with Crippen LogP contribution in [0.15, 0.2) is 42.5 Å². The van der Waals surface area contributed by atoms with Crippen molar-refractivity contribution >= 4 is 23.4 Å². The third-order valence-corrected chi connectivity index (χ3v) is 4.56. The van der Waals surface area contributed by atoms with Crippen LogP contribution in [0.1, 0.15) is 13.8 Å². The molecule has 1 saturated heterocycles. The van der Waals surface area contributed by atoms with E-state index in [1.807, 2.05) is 38.1 Å². The number of halogens is 1. The van der Waals surface area contributed by atoms with E-state index in [1.54, 1.807) is 12.1 Å². The molecule has 154 valence electrons. The maximum atomic E-state index is 15.0. The lowest BCUT2D eigenvalue weighted by Gasteiger charge is -2.37. The number of primary amides is 1. The maximum absolute atomic E-state index is 15.0. The van der Waals surface area contributed by atoms with Gasteiger partial charge in [-0.15, -0.1) is 0 Å². The summed E-state index contributed by atoms with van der Waals surface area (Å²) in [6, 6.07) is 12.3. The van der Waals surface area contributed by atoms with Gasteiger partial charge >= 0.3 is 6.09 Å². The fourth-order valence-corrected chi connectivity index (χ4v) is 3.43. The van der Waals surface area contributed by atoms with Crippen LogP contribution < -0.4 is 16.0 Å². The van der Waals surface area contributed by atoms with Gasteiger partial charge in [-0.25, -0.2) is 9.18 Å². The molecule has 2 aromatic rings. The van der Waals surface area contributed by atoms with Crippen molar-refractivity contribution in [3.63, 3.8) is 0 Å². The molecule has 0 unspecified atom stereocenters. The third kappa shape index (κ3) is 5.23. The van der Waals surface area contributed by atoms with Crippen LogP contribution in [0.3, 0.4) is 0 Å². The summed E-state index contributed by atoms with van der Waals surface area (Å²) < 4.78 is 25.2. The second kappa shape index (κ2) is 8.91. The number of carbonyl (C=O) groups is 2. The first-order valence-corrected chi connectivity index (χ1v) is 9.35. The van der Waals surface area contributed by atoms with Gasteiger partial charge in [-0.1, -0.05) is 24.3 Å². The lowest BCUT2D eigenvalue weighted by Crippen LogP contribution is -2.45. The Balaban J connectivity index is 1.82. The number of nitrogens with one attached hydrogen (secondary N) is 1. The monoisotopic (exact) mass is 401 g/mol. The van der Waals surface area contributed by atoms with Crippen molar-refractivity contribution in [3.8, 4) is 11.1 Å². The van der Waals surface area contributed by atoms with Gasteiger partial charge in [0.05, 0.1) is 17.9 Å². The van der Waals surface area contributed by atoms with Crippen molar-refractivity contribution in [3.05, 3.63) is 48.3 Å². The SMILES string of the molecule is C[C@@H]1CN(c2cccc(-c3cccc(NC(=O)COC(N)=O)c3F)c2)C[C@H](C)O1. The molecule has 2 aromatic carbocycles. The second-order valence-electron chi connectivity index (χ2n) is 7.04. The fourth-order valence-electron chi connectivity index (χ4n) is 3.43. The predicted molar refractivity (Wildman–Crippen MR) is 108 cm³/mol. The predicted octanol–water partition coefficient (Wildman–Crippen LogP) is 3.14. The summed E-state index contributed by atoms with van der Waals surface area (Å²) in [6.45, 7) is 4.99. The van der Waals surface area contributed by atoms with E-state index in [1.165, 1.54) is 6.07 Å². The number of hydrogen-bond acceptors (Lipinski definition) is 5. The van der Waals surface area contributed by atoms with E-state index in [2.05, 4.69) is 15.0 Å². The highest BCUT2D eigenvalue weighted by Gasteiger charge is 2.23. The highest BCUT2D eigenvalue weighted by atomic mass is 19.1. The van der Waals surface area contributed by atoms with Gasteiger partial charge in [-0.05, 0) is 37.6 Å². The number of benzene rings is 2. The van der Waals surface area contributed by atoms with E-state index in [0.717, 1.165) is 18.8 Å². The fraction of sp³-hybridized carbons (Fsp3) is 0.333. The molecule has 0 radical (unpaired) electrons. The molecule has 1 fully saturated rings. The molecule has 2 atom stereocenters. The Morgan fingerprint density at radius 1 is 1.21 bits per heavy atom. The number of nitrogens with two attached hydrogens (primary N) is 1. The molecule has 0 saturated carbocycles. The zero-order valence-electron chi connectivity index (χ0n) is 16.4. The van der Waals surface area contributed by atoms with Crippen LogP contribution >= 0.6 is 0 Å². The van der Waals surface area contributed by atoms with Crippen LogP contribution in [-0.4, -0.2) is 43.9 Å². The first-order chi connectivity index (χ1) is 13.8. The molecule has 3 N–H and O–H groups in total. The summed E-state index contributed by atoms with van der Waals surface area (Å²) in [4.78, 5) is 24.6. The smallest absolute Gasteiger partial charge is 0.405 e. The van der Waals surface area contributed by atoms with E-state index in [0.29, 0.717) is 11.1 Å². The van der Waals surface area contributed by atoms with E-state index in [-0.39, 0.29) is 17.9 Å². The lowest BCUT2D eigenvalue weighted by atomic mass is 10.0. The first kappa shape index (κ1) is 20.6. The van der Waals surface area contributed by atoms with Gasteiger partial charge < -0.3 is 25.4 Å². The summed E-state index contributed by atoms with van der Waals surface area (Å²) in [5.74, 6) is -1.24. The average molecular weight is 401 g/mol. The van der Waals surface area contributed by atoms with E-state index < -0.39 is 24.4 Å². The van der Waals surface area contributed by atoms with Crippen LogP contribution in [0.2, 0.25) is 0 Å². The topological polar surface area (TPSA) is 93.9 Å². The zero-order valence-corrected chi connectivity index (χ0v) is 16.4. The van der Waals surface area contributed by atoms with Crippen molar-refractivity contribution < 1.29 is 23.5 Å². The molecule has 2 amide bonds. The van der Waals surface area contributed by atoms with Gasteiger partial charge in [0.2, 0.25) is 0 Å². The van der Waals surface area contributed by atoms with Crippen LogP contribution in [0, 0.1) is 5.82 Å². The van der Waals surface area contributed by atoms with Gasteiger partial charge in [-0.2, -0.15) is 0 Å². The van der Waals surface area contributed by atoms with Crippen molar-refractivity contribution in [2.75, 3.05) is 29.9 Å². The van der Waals surface area contributed by atoms with Gasteiger partial charge in [0.15, 0.2) is 12.4 Å². The molecule has 1 heterocycles. The van der Waals surface area contributed by atoms with E-state index >= 15 is 4.39 Å². The number of ether oxygens (including phenoxy) is 2. The number of morpholine rings is 1. The largest absolute Gasteiger partial charge is 0.440 e. The van der Waals surface area contributed by atoms with Crippen LogP contribution in [0.5, 0.6) is 0 Å². The number of carbonyl (C=O) groups excluding carboxylic acids is 2. The van der Waals surface area contributed by atoms with Gasteiger partial charge in [0, 0.05) is 24.3 Å². The Morgan fingerprint density at radius 2 is 1.90 bits per heavy atom. The third-order valence-electron chi connectivity index (χ3n) is 4.56. The quantitative estimate of drug-likeness (QED) is 0.803. The molecule has 1 aliphatic rings. The first-order valence-electron chi connectivity index (χ1n) is 9.35. The van der Waals surface area contributed by atoms with Gasteiger partial charge in [0.1, 0.15) is 0 Å². The van der Waals surface area contributed by atoms with E-state index in [9.17, 15) is 9.59 Å². The molecule has 0 bridgehead atoms. The Bertz CT molecular complexity index is 895. The zero-order chi connectivity index (χ0) is 21.0. The molecule has 1 aliphatic heterocycles. The molecule has 29 heavy (non-hydrogen) atoms. The Kier molecular flexibility index (Phi) is 6.33. The van der Waals surface area contributed by atoms with Crippen molar-refractivity contribution in [2.45, 2.75) is 26.1 Å². The molecule has 0 aliphatic carbocycles. The van der Waals surface area contributed by atoms with Crippen LogP contribution in [0.4, 0.5) is 20.6 Å². The summed E-state index contributed by atoms with van der Waals surface area (Å²) in [7, 11) is 0. The Labute approximate surface area is 168 Å². The van der Waals surface area contributed by atoms with Crippen LogP contribution in [0.25, 0.3) is 11.1 Å². The van der Waals surface area contributed by atoms with Crippen LogP contribution in [-0.2, 0) is 14.3 Å². The van der Waals surface area contributed by atoms with Gasteiger partial charge in [-0.3, -0.25) is 4.79 Å². The summed E-state index contributed by atoms with van der Waals surface area (Å²) in [5.41, 5.74) is 6.86. The summed E-state index contributed by atoms with van der Waals surface area (Å²) >= 11 is 0. The molecule has 3 rings (SSSR count). The number of hydrogen-bond donors (Lipinski definition) is 2. The second-order valence-corrected chi connectivity index (χ2v) is 7.04. The maximum Gasteiger partial charge on any atom is 0.405 e. The molecule has 8 heteroatoms. The molecular weight excluding hydrogens is 377 g/mol. The Morgan fingerprint density at radius 3 is 2.59 bits per heavy atom. The highest BCUT2D eigenvalue weighted by molar-refractivity contribution is 5.93. The minimum absolute atomic E-state index is 0.000379. The average Bonchev–Trinajstić information content (AvgIpc) is 2.67. The van der Waals surface area contributed by atoms with Gasteiger partial charge in [0.25, 0.3) is 5.91 Å². The highest BCUT2D eigenvalue weighted by Crippen LogP contribution is 2.31. The Hall–Kier alpha value is -3.13. The van der Waals surface area contributed by atoms with Crippen molar-refractivity contribution in [1.29, 1.82) is 0 Å². The molecular formula is C21H24FN3O4. The summed E-state index contributed by atoms with van der Waals surface area (Å²) in [5, 5.41) is 2.39. The molecule has 0 spiro atoms. The molecule has 0 aromatic heterocycles. The minimum atomic E-state index is -1.07. The number of anilines is 2. The summed E-state index contributed by atoms with van der Waals surface area (Å²) in [6.07, 6.45) is -0.849. The van der Waals surface area contributed by atoms with Crippen molar-refractivity contribution in [2.24, 2.45) is 5.73 Å². The van der Waals surface area contributed by atoms with Crippen molar-refractivity contribution in [1.82, 2.24) is 0 Å². The minimum Gasteiger partial charge on any atom is -0.440 e. The number of nitrogens with zero attached hydrogens (tertiary/aromatic N) is 1.